The Balaban J connectivity index is 1.11. The molecule has 0 unspecified atom stereocenters. The van der Waals surface area contributed by atoms with Gasteiger partial charge < -0.3 is 4.42 Å². The molecule has 1 heterocycles. The van der Waals surface area contributed by atoms with Crippen LogP contribution >= 0.6 is 0 Å². The topological polar surface area (TPSA) is 13.1 Å². The Morgan fingerprint density at radius 1 is 0.264 bits per heavy atom. The Morgan fingerprint density at radius 2 is 0.792 bits per heavy atom. The highest BCUT2D eigenvalue weighted by molar-refractivity contribution is 6.28. The van der Waals surface area contributed by atoms with E-state index in [0.29, 0.717) is 0 Å². The molecule has 0 atom stereocenters. The van der Waals surface area contributed by atoms with Gasteiger partial charge in [-0.05, 0) is 113 Å². The number of para-hydroxylation sites is 1. The SMILES string of the molecule is c1ccc(-c2cc(-c3ccccc3)cc(-c3ccc4ccc5c(-c6ccc7oc8c(-c9ccccc9)cccc8c7c6)ccc6ccc3c4c65)c2)cc1. The molecule has 0 bridgehead atoms. The van der Waals surface area contributed by atoms with E-state index in [9.17, 15) is 0 Å². The summed E-state index contributed by atoms with van der Waals surface area (Å²) in [5, 5.41) is 9.94. The van der Waals surface area contributed by atoms with E-state index in [1.165, 1.54) is 76.8 Å². The molecule has 1 nitrogen and oxygen atoms in total. The van der Waals surface area contributed by atoms with Crippen LogP contribution in [0.15, 0.2) is 199 Å². The van der Waals surface area contributed by atoms with Crippen LogP contribution in [-0.2, 0) is 0 Å². The monoisotopic (exact) mass is 672 g/mol. The van der Waals surface area contributed by atoms with Crippen molar-refractivity contribution in [2.24, 2.45) is 0 Å². The van der Waals surface area contributed by atoms with Crippen molar-refractivity contribution in [3.05, 3.63) is 194 Å². The molecule has 0 saturated carbocycles. The molecule has 0 amide bonds. The zero-order valence-electron chi connectivity index (χ0n) is 28.9. The molecule has 11 rings (SSSR count). The van der Waals surface area contributed by atoms with Crippen molar-refractivity contribution in [2.45, 2.75) is 0 Å². The first-order valence-corrected chi connectivity index (χ1v) is 18.2. The number of fused-ring (bicyclic) bond motifs is 3. The molecule has 1 aromatic heterocycles. The number of hydrogen-bond donors (Lipinski definition) is 0. The zero-order valence-corrected chi connectivity index (χ0v) is 28.9. The van der Waals surface area contributed by atoms with Gasteiger partial charge in [-0.3, -0.25) is 0 Å². The van der Waals surface area contributed by atoms with Gasteiger partial charge in [-0.25, -0.2) is 0 Å². The molecule has 0 N–H and O–H groups in total. The van der Waals surface area contributed by atoms with Gasteiger partial charge >= 0.3 is 0 Å². The molecule has 1 heteroatoms. The third-order valence-corrected chi connectivity index (χ3v) is 11.0. The molecule has 246 valence electrons. The molecule has 0 aliphatic rings. The lowest BCUT2D eigenvalue weighted by molar-refractivity contribution is 0.670. The Morgan fingerprint density at radius 3 is 1.40 bits per heavy atom. The zero-order chi connectivity index (χ0) is 34.9. The van der Waals surface area contributed by atoms with E-state index in [1.54, 1.807) is 0 Å². The summed E-state index contributed by atoms with van der Waals surface area (Å²) in [7, 11) is 0. The molecule has 0 saturated heterocycles. The predicted molar refractivity (Wildman–Crippen MR) is 225 cm³/mol. The molecule has 0 radical (unpaired) electrons. The Kier molecular flexibility index (Phi) is 6.62. The van der Waals surface area contributed by atoms with E-state index in [1.807, 2.05) is 0 Å². The minimum Gasteiger partial charge on any atom is -0.455 e. The predicted octanol–water partition coefficient (Wildman–Crippen LogP) is 14.8. The third kappa shape index (κ3) is 4.79. The molecular weight excluding hydrogens is 641 g/mol. The Bertz CT molecular complexity index is 3080. The Hall–Kier alpha value is -6.96. The first-order valence-electron chi connectivity index (χ1n) is 18.2. The number of benzene rings is 10. The molecule has 53 heavy (non-hydrogen) atoms. The highest BCUT2D eigenvalue weighted by Crippen LogP contribution is 2.45. The van der Waals surface area contributed by atoms with Crippen molar-refractivity contribution in [2.75, 3.05) is 0 Å². The van der Waals surface area contributed by atoms with Gasteiger partial charge in [-0.15, -0.1) is 0 Å². The fourth-order valence-electron chi connectivity index (χ4n) is 8.49. The van der Waals surface area contributed by atoms with Gasteiger partial charge in [0.15, 0.2) is 0 Å². The van der Waals surface area contributed by atoms with Gasteiger partial charge in [0, 0.05) is 16.3 Å². The van der Waals surface area contributed by atoms with Gasteiger partial charge in [0.25, 0.3) is 0 Å². The second-order valence-electron chi connectivity index (χ2n) is 14.0. The van der Waals surface area contributed by atoms with Crippen molar-refractivity contribution in [3.8, 4) is 55.6 Å². The van der Waals surface area contributed by atoms with E-state index in [4.69, 9.17) is 4.42 Å². The summed E-state index contributed by atoms with van der Waals surface area (Å²) < 4.78 is 6.54. The van der Waals surface area contributed by atoms with Crippen molar-refractivity contribution < 1.29 is 4.42 Å². The second-order valence-corrected chi connectivity index (χ2v) is 14.0. The largest absolute Gasteiger partial charge is 0.455 e. The summed E-state index contributed by atoms with van der Waals surface area (Å²) in [6.45, 7) is 0. The minimum absolute atomic E-state index is 0.905. The quantitative estimate of drug-likeness (QED) is 0.166. The number of hydrogen-bond acceptors (Lipinski definition) is 1. The lowest BCUT2D eigenvalue weighted by atomic mass is 9.86. The fourth-order valence-corrected chi connectivity index (χ4v) is 8.49. The van der Waals surface area contributed by atoms with E-state index in [2.05, 4.69) is 194 Å². The average molecular weight is 673 g/mol. The van der Waals surface area contributed by atoms with Crippen LogP contribution in [-0.4, -0.2) is 0 Å². The van der Waals surface area contributed by atoms with Crippen LogP contribution in [0.5, 0.6) is 0 Å². The standard InChI is InChI=1S/C52H32O/c1-4-11-33(12-5-1)39-29-40(34-13-6-2-7-14-34)31-41(30-39)43-25-20-37-21-26-45-42(24-19-36-22-27-46(43)51(37)50(36)45)38-23-28-49-48(32-38)47-18-10-17-44(52(47)53-49)35-15-8-3-9-16-35/h1-32H. The Labute approximate surface area is 307 Å². The molecule has 11 aromatic rings. The fraction of sp³-hybridized carbons (Fsp3) is 0. The highest BCUT2D eigenvalue weighted by Gasteiger charge is 2.18. The molecule has 0 spiro atoms. The summed E-state index contributed by atoms with van der Waals surface area (Å²) >= 11 is 0. The minimum atomic E-state index is 0.905. The van der Waals surface area contributed by atoms with Gasteiger partial charge in [0.2, 0.25) is 0 Å². The van der Waals surface area contributed by atoms with Crippen molar-refractivity contribution in [1.82, 2.24) is 0 Å². The van der Waals surface area contributed by atoms with Crippen LogP contribution in [0.3, 0.4) is 0 Å². The normalized spacial score (nSPS) is 11.8. The third-order valence-electron chi connectivity index (χ3n) is 11.0. The van der Waals surface area contributed by atoms with E-state index in [-0.39, 0.29) is 0 Å². The smallest absolute Gasteiger partial charge is 0.143 e. The maximum atomic E-state index is 6.54. The summed E-state index contributed by atoms with van der Waals surface area (Å²) in [5.41, 5.74) is 13.8. The van der Waals surface area contributed by atoms with E-state index >= 15 is 0 Å². The summed E-state index contributed by atoms with van der Waals surface area (Å²) in [5.74, 6) is 0. The van der Waals surface area contributed by atoms with Crippen LogP contribution in [0.1, 0.15) is 0 Å². The van der Waals surface area contributed by atoms with Crippen LogP contribution in [0.4, 0.5) is 0 Å². The summed E-state index contributed by atoms with van der Waals surface area (Å²) in [6.07, 6.45) is 0. The maximum Gasteiger partial charge on any atom is 0.143 e. The molecule has 10 aromatic carbocycles. The van der Waals surface area contributed by atoms with Crippen LogP contribution < -0.4 is 0 Å². The molecular formula is C52H32O. The van der Waals surface area contributed by atoms with E-state index in [0.717, 1.165) is 33.1 Å². The number of furan rings is 1. The molecule has 0 fully saturated rings. The maximum absolute atomic E-state index is 6.54. The van der Waals surface area contributed by atoms with Crippen LogP contribution in [0.25, 0.3) is 110 Å². The van der Waals surface area contributed by atoms with Gasteiger partial charge in [-0.1, -0.05) is 164 Å². The lowest BCUT2D eigenvalue weighted by Gasteiger charge is -2.17. The van der Waals surface area contributed by atoms with Gasteiger partial charge in [-0.2, -0.15) is 0 Å². The van der Waals surface area contributed by atoms with Crippen LogP contribution in [0.2, 0.25) is 0 Å². The first-order chi connectivity index (χ1) is 26.3. The summed E-state index contributed by atoms with van der Waals surface area (Å²) in [4.78, 5) is 0. The van der Waals surface area contributed by atoms with Crippen LogP contribution in [0, 0.1) is 0 Å². The number of rotatable bonds is 5. The van der Waals surface area contributed by atoms with Crippen molar-refractivity contribution >= 4 is 54.3 Å². The molecule has 0 aliphatic carbocycles. The first kappa shape index (κ1) is 29.7. The van der Waals surface area contributed by atoms with E-state index < -0.39 is 0 Å². The highest BCUT2D eigenvalue weighted by atomic mass is 16.3. The van der Waals surface area contributed by atoms with Gasteiger partial charge in [0.05, 0.1) is 0 Å². The van der Waals surface area contributed by atoms with Crippen molar-refractivity contribution in [1.29, 1.82) is 0 Å². The van der Waals surface area contributed by atoms with Gasteiger partial charge in [0.1, 0.15) is 11.2 Å². The summed E-state index contributed by atoms with van der Waals surface area (Å²) in [6, 6.07) is 70.5. The second kappa shape index (κ2) is 11.8. The lowest BCUT2D eigenvalue weighted by Crippen LogP contribution is -1.91. The average Bonchev–Trinajstić information content (AvgIpc) is 3.62. The molecule has 0 aliphatic heterocycles. The van der Waals surface area contributed by atoms with Crippen molar-refractivity contribution in [3.63, 3.8) is 0 Å².